The van der Waals surface area contributed by atoms with Crippen molar-refractivity contribution >= 4 is 10.9 Å². The van der Waals surface area contributed by atoms with Crippen LogP contribution in [0.3, 0.4) is 0 Å². The van der Waals surface area contributed by atoms with Gasteiger partial charge in [-0.2, -0.15) is 0 Å². The third kappa shape index (κ3) is 2.91. The van der Waals surface area contributed by atoms with Crippen molar-refractivity contribution in [1.29, 1.82) is 0 Å². The molecule has 0 bridgehead atoms. The van der Waals surface area contributed by atoms with E-state index in [2.05, 4.69) is 10.3 Å². The summed E-state index contributed by atoms with van der Waals surface area (Å²) in [5.74, 6) is 0. The summed E-state index contributed by atoms with van der Waals surface area (Å²) >= 11 is 0. The second-order valence-electron chi connectivity index (χ2n) is 3.74. The van der Waals surface area contributed by atoms with Gasteiger partial charge in [0.2, 0.25) is 0 Å². The molecule has 0 aliphatic rings. The molecule has 1 aromatic carbocycles. The molecule has 0 N–H and O–H groups in total. The van der Waals surface area contributed by atoms with Crippen LogP contribution in [0.4, 0.5) is 0 Å². The van der Waals surface area contributed by atoms with Crippen LogP contribution >= 0.6 is 0 Å². The molecule has 18 heavy (non-hydrogen) atoms. The van der Waals surface area contributed by atoms with E-state index in [1.165, 1.54) is 4.68 Å². The first kappa shape index (κ1) is 12.7. The lowest BCUT2D eigenvalue weighted by Gasteiger charge is -2.05. The molecule has 1 aromatic heterocycles. The van der Waals surface area contributed by atoms with Gasteiger partial charge in [-0.05, 0) is 12.1 Å². The predicted octanol–water partition coefficient (Wildman–Crippen LogP) is 0.454. The first-order valence-electron chi connectivity index (χ1n) is 5.72. The van der Waals surface area contributed by atoms with Crippen molar-refractivity contribution < 1.29 is 9.47 Å². The molecule has 0 amide bonds. The van der Waals surface area contributed by atoms with Gasteiger partial charge >= 0.3 is 0 Å². The standard InChI is InChI=1S/C12H15N3O3/c1-17-8-9-18-7-6-15-12(16)10-4-2-3-5-11(10)13-14-15/h2-5H,6-9H2,1H3. The molecule has 0 radical (unpaired) electrons. The van der Waals surface area contributed by atoms with E-state index in [-0.39, 0.29) is 5.56 Å². The Morgan fingerprint density at radius 3 is 2.89 bits per heavy atom. The fourth-order valence-corrected chi connectivity index (χ4v) is 1.57. The van der Waals surface area contributed by atoms with Crippen molar-refractivity contribution in [2.75, 3.05) is 26.9 Å². The number of fused-ring (bicyclic) bond motifs is 1. The summed E-state index contributed by atoms with van der Waals surface area (Å²) in [7, 11) is 1.61. The largest absolute Gasteiger partial charge is 0.382 e. The summed E-state index contributed by atoms with van der Waals surface area (Å²) in [6.07, 6.45) is 0. The number of hydrogen-bond acceptors (Lipinski definition) is 5. The van der Waals surface area contributed by atoms with E-state index in [0.717, 1.165) is 0 Å². The molecule has 0 atom stereocenters. The van der Waals surface area contributed by atoms with Crippen LogP contribution < -0.4 is 5.56 Å². The number of rotatable bonds is 6. The second-order valence-corrected chi connectivity index (χ2v) is 3.74. The Balaban J connectivity index is 2.05. The SMILES string of the molecule is COCCOCCn1nnc2ccccc2c1=O. The predicted molar refractivity (Wildman–Crippen MR) is 66.5 cm³/mol. The van der Waals surface area contributed by atoms with Gasteiger partial charge in [-0.25, -0.2) is 4.68 Å². The molecule has 0 spiro atoms. The van der Waals surface area contributed by atoms with Crippen LogP contribution in [-0.4, -0.2) is 41.9 Å². The van der Waals surface area contributed by atoms with Gasteiger partial charge in [-0.15, -0.1) is 5.10 Å². The second kappa shape index (κ2) is 6.23. The smallest absolute Gasteiger partial charge is 0.277 e. The first-order chi connectivity index (χ1) is 8.83. The quantitative estimate of drug-likeness (QED) is 0.696. The maximum Gasteiger partial charge on any atom is 0.277 e. The Kier molecular flexibility index (Phi) is 4.38. The van der Waals surface area contributed by atoms with E-state index in [9.17, 15) is 4.79 Å². The summed E-state index contributed by atoms with van der Waals surface area (Å²) in [6, 6.07) is 7.15. The number of methoxy groups -OCH3 is 1. The minimum atomic E-state index is -0.143. The number of nitrogens with zero attached hydrogens (tertiary/aromatic N) is 3. The molecule has 96 valence electrons. The summed E-state index contributed by atoms with van der Waals surface area (Å²) in [6.45, 7) is 1.85. The fourth-order valence-electron chi connectivity index (χ4n) is 1.57. The average Bonchev–Trinajstić information content (AvgIpc) is 2.41. The van der Waals surface area contributed by atoms with Crippen LogP contribution in [0.15, 0.2) is 29.1 Å². The highest BCUT2D eigenvalue weighted by atomic mass is 16.5. The minimum absolute atomic E-state index is 0.143. The van der Waals surface area contributed by atoms with Gasteiger partial charge in [-0.3, -0.25) is 4.79 Å². The third-order valence-corrected chi connectivity index (χ3v) is 2.51. The molecule has 0 unspecified atom stereocenters. The fraction of sp³-hybridized carbons (Fsp3) is 0.417. The van der Waals surface area contributed by atoms with Crippen LogP contribution in [0, 0.1) is 0 Å². The van der Waals surface area contributed by atoms with Crippen molar-refractivity contribution in [2.24, 2.45) is 0 Å². The maximum atomic E-state index is 12.0. The number of ether oxygens (including phenoxy) is 2. The zero-order chi connectivity index (χ0) is 12.8. The normalized spacial score (nSPS) is 10.9. The lowest BCUT2D eigenvalue weighted by atomic mass is 10.2. The lowest BCUT2D eigenvalue weighted by Crippen LogP contribution is -2.26. The van der Waals surface area contributed by atoms with Gasteiger partial charge < -0.3 is 9.47 Å². The molecule has 6 nitrogen and oxygen atoms in total. The van der Waals surface area contributed by atoms with Crippen molar-refractivity contribution in [2.45, 2.75) is 6.54 Å². The molecule has 2 aromatic rings. The highest BCUT2D eigenvalue weighted by Gasteiger charge is 2.04. The molecule has 6 heteroatoms. The van der Waals surface area contributed by atoms with Gasteiger partial charge in [0.15, 0.2) is 0 Å². The van der Waals surface area contributed by atoms with Crippen molar-refractivity contribution in [3.8, 4) is 0 Å². The van der Waals surface area contributed by atoms with Crippen LogP contribution in [0.25, 0.3) is 10.9 Å². The van der Waals surface area contributed by atoms with Crippen molar-refractivity contribution in [3.05, 3.63) is 34.6 Å². The molecule has 2 rings (SSSR count). The van der Waals surface area contributed by atoms with Crippen molar-refractivity contribution in [3.63, 3.8) is 0 Å². The third-order valence-electron chi connectivity index (χ3n) is 2.51. The lowest BCUT2D eigenvalue weighted by molar-refractivity contribution is 0.0646. The van der Waals surface area contributed by atoms with Crippen molar-refractivity contribution in [1.82, 2.24) is 15.0 Å². The van der Waals surface area contributed by atoms with Gasteiger partial charge in [0.1, 0.15) is 5.52 Å². The first-order valence-corrected chi connectivity index (χ1v) is 5.72. The van der Waals surface area contributed by atoms with Crippen LogP contribution in [0.1, 0.15) is 0 Å². The summed E-state index contributed by atoms with van der Waals surface area (Å²) in [4.78, 5) is 12.0. The molecule has 0 saturated heterocycles. The molecular formula is C12H15N3O3. The zero-order valence-electron chi connectivity index (χ0n) is 10.2. The molecule has 0 saturated carbocycles. The number of aromatic nitrogens is 3. The van der Waals surface area contributed by atoms with E-state index in [4.69, 9.17) is 9.47 Å². The molecule has 0 fully saturated rings. The van der Waals surface area contributed by atoms with Gasteiger partial charge in [0.25, 0.3) is 5.56 Å². The highest BCUT2D eigenvalue weighted by Crippen LogP contribution is 2.02. The van der Waals surface area contributed by atoms with E-state index in [1.807, 2.05) is 12.1 Å². The van der Waals surface area contributed by atoms with Crippen LogP contribution in [0.5, 0.6) is 0 Å². The molecular weight excluding hydrogens is 234 g/mol. The Labute approximate surface area is 104 Å². The molecule has 1 heterocycles. The number of hydrogen-bond donors (Lipinski definition) is 0. The van der Waals surface area contributed by atoms with E-state index >= 15 is 0 Å². The Morgan fingerprint density at radius 2 is 2.06 bits per heavy atom. The summed E-state index contributed by atoms with van der Waals surface area (Å²) in [5.41, 5.74) is 0.468. The minimum Gasteiger partial charge on any atom is -0.382 e. The van der Waals surface area contributed by atoms with Gasteiger partial charge in [-0.1, -0.05) is 17.3 Å². The Morgan fingerprint density at radius 1 is 1.22 bits per heavy atom. The molecule has 0 aliphatic carbocycles. The van der Waals surface area contributed by atoms with Crippen LogP contribution in [-0.2, 0) is 16.0 Å². The van der Waals surface area contributed by atoms with E-state index < -0.39 is 0 Å². The van der Waals surface area contributed by atoms with Gasteiger partial charge in [0, 0.05) is 7.11 Å². The topological polar surface area (TPSA) is 66.2 Å². The van der Waals surface area contributed by atoms with E-state index in [0.29, 0.717) is 37.3 Å². The van der Waals surface area contributed by atoms with Gasteiger partial charge in [0.05, 0.1) is 31.8 Å². The average molecular weight is 249 g/mol. The maximum absolute atomic E-state index is 12.0. The zero-order valence-corrected chi connectivity index (χ0v) is 10.2. The monoisotopic (exact) mass is 249 g/mol. The summed E-state index contributed by atoms with van der Waals surface area (Å²) < 4.78 is 11.5. The van der Waals surface area contributed by atoms with Crippen LogP contribution in [0.2, 0.25) is 0 Å². The Hall–Kier alpha value is -1.79. The molecule has 0 aliphatic heterocycles. The Bertz CT molecular complexity index is 568. The van der Waals surface area contributed by atoms with E-state index in [1.54, 1.807) is 19.2 Å². The summed E-state index contributed by atoms with van der Waals surface area (Å²) in [5, 5.41) is 8.43. The highest BCUT2D eigenvalue weighted by molar-refractivity contribution is 5.76. The number of benzene rings is 1.